The average molecular weight is 311 g/mol. The molecule has 0 fully saturated rings. The number of ketones is 1. The van der Waals surface area contributed by atoms with Crippen LogP contribution in [0.1, 0.15) is 40.8 Å². The number of hydrogen-bond acceptors (Lipinski definition) is 5. The molecular weight excluding hydrogens is 290 g/mol. The molecule has 0 bridgehead atoms. The van der Waals surface area contributed by atoms with Gasteiger partial charge in [-0.1, -0.05) is 13.0 Å². The van der Waals surface area contributed by atoms with Crippen molar-refractivity contribution in [2.75, 3.05) is 11.9 Å². The van der Waals surface area contributed by atoms with Gasteiger partial charge in [-0.2, -0.15) is 0 Å². The number of carbonyl (C=O) groups excluding carboxylic acids is 1. The number of aryl methyl sites for hydroxylation is 2. The number of nitrogens with one attached hydrogen (secondary N) is 1. The summed E-state index contributed by atoms with van der Waals surface area (Å²) in [5.41, 5.74) is 3.33. The molecular formula is C17H21N5O. The Labute approximate surface area is 135 Å². The standard InChI is InChI=1S/C17H21N5O/c1-5-6-18-16-15-13(7-10(2)8-14(15)23)22(21-16)17-19-11(3)9-12(4)20-17/h5,9-10H,1,6-8H2,2-4H3,(H,18,21)/t10-/m1/s1. The maximum atomic E-state index is 12.5. The normalized spacial score (nSPS) is 17.0. The zero-order valence-electron chi connectivity index (χ0n) is 13.8. The smallest absolute Gasteiger partial charge is 0.251 e. The molecule has 1 atom stereocenters. The van der Waals surface area contributed by atoms with Crippen LogP contribution in [-0.2, 0) is 6.42 Å². The lowest BCUT2D eigenvalue weighted by molar-refractivity contribution is 0.0953. The van der Waals surface area contributed by atoms with E-state index < -0.39 is 0 Å². The second-order valence-corrected chi connectivity index (χ2v) is 6.14. The largest absolute Gasteiger partial charge is 0.365 e. The van der Waals surface area contributed by atoms with Gasteiger partial charge in [0, 0.05) is 24.4 Å². The first kappa shape index (κ1) is 15.4. The highest BCUT2D eigenvalue weighted by Gasteiger charge is 2.31. The minimum atomic E-state index is 0.126. The van der Waals surface area contributed by atoms with Crippen LogP contribution >= 0.6 is 0 Å². The Morgan fingerprint density at radius 1 is 1.35 bits per heavy atom. The fourth-order valence-electron chi connectivity index (χ4n) is 3.02. The summed E-state index contributed by atoms with van der Waals surface area (Å²) in [6.45, 7) is 10.2. The molecule has 120 valence electrons. The monoisotopic (exact) mass is 311 g/mol. The zero-order valence-corrected chi connectivity index (χ0v) is 13.8. The van der Waals surface area contributed by atoms with E-state index in [1.54, 1.807) is 10.8 Å². The fraction of sp³-hybridized carbons (Fsp3) is 0.412. The Morgan fingerprint density at radius 3 is 2.70 bits per heavy atom. The molecule has 6 heteroatoms. The van der Waals surface area contributed by atoms with Crippen molar-refractivity contribution in [1.82, 2.24) is 19.7 Å². The van der Waals surface area contributed by atoms with Crippen LogP contribution in [0, 0.1) is 19.8 Å². The van der Waals surface area contributed by atoms with Gasteiger partial charge >= 0.3 is 0 Å². The van der Waals surface area contributed by atoms with Gasteiger partial charge in [-0.05, 0) is 32.3 Å². The lowest BCUT2D eigenvalue weighted by Crippen LogP contribution is -2.20. The van der Waals surface area contributed by atoms with Gasteiger partial charge in [0.15, 0.2) is 11.6 Å². The summed E-state index contributed by atoms with van der Waals surface area (Å²) >= 11 is 0. The van der Waals surface area contributed by atoms with E-state index in [9.17, 15) is 4.79 Å². The van der Waals surface area contributed by atoms with E-state index in [2.05, 4.69) is 33.9 Å². The third-order valence-electron chi connectivity index (χ3n) is 3.91. The first-order valence-corrected chi connectivity index (χ1v) is 7.82. The van der Waals surface area contributed by atoms with E-state index in [1.807, 2.05) is 19.9 Å². The summed E-state index contributed by atoms with van der Waals surface area (Å²) in [4.78, 5) is 21.5. The third kappa shape index (κ3) is 2.88. The van der Waals surface area contributed by atoms with Gasteiger partial charge in [-0.15, -0.1) is 11.7 Å². The van der Waals surface area contributed by atoms with Crippen LogP contribution in [0.2, 0.25) is 0 Å². The quantitative estimate of drug-likeness (QED) is 0.879. The molecule has 0 saturated carbocycles. The second kappa shape index (κ2) is 5.95. The van der Waals surface area contributed by atoms with Crippen LogP contribution in [-0.4, -0.2) is 32.1 Å². The Hall–Kier alpha value is -2.50. The molecule has 0 radical (unpaired) electrons. The molecule has 6 nitrogen and oxygen atoms in total. The van der Waals surface area contributed by atoms with Gasteiger partial charge in [0.05, 0.1) is 11.3 Å². The van der Waals surface area contributed by atoms with Crippen molar-refractivity contribution >= 4 is 11.6 Å². The predicted molar refractivity (Wildman–Crippen MR) is 89.1 cm³/mol. The van der Waals surface area contributed by atoms with Crippen LogP contribution in [0.3, 0.4) is 0 Å². The molecule has 2 heterocycles. The topological polar surface area (TPSA) is 72.7 Å². The lowest BCUT2D eigenvalue weighted by atomic mass is 9.88. The third-order valence-corrected chi connectivity index (χ3v) is 3.91. The van der Waals surface area contributed by atoms with E-state index in [0.717, 1.165) is 23.5 Å². The van der Waals surface area contributed by atoms with Crippen molar-refractivity contribution in [3.63, 3.8) is 0 Å². The predicted octanol–water partition coefficient (Wildman–Crippen LogP) is 2.64. The van der Waals surface area contributed by atoms with Crippen molar-refractivity contribution < 1.29 is 4.79 Å². The molecule has 0 amide bonds. The number of aromatic nitrogens is 4. The van der Waals surface area contributed by atoms with E-state index in [4.69, 9.17) is 0 Å². The molecule has 2 aromatic rings. The molecule has 0 aromatic carbocycles. The Kier molecular flexibility index (Phi) is 3.98. The summed E-state index contributed by atoms with van der Waals surface area (Å²) in [5, 5.41) is 7.74. The molecule has 0 unspecified atom stereocenters. The lowest BCUT2D eigenvalue weighted by Gasteiger charge is -2.18. The van der Waals surface area contributed by atoms with Gasteiger partial charge in [-0.25, -0.2) is 14.6 Å². The first-order valence-electron chi connectivity index (χ1n) is 7.82. The van der Waals surface area contributed by atoms with Crippen molar-refractivity contribution in [2.24, 2.45) is 5.92 Å². The fourth-order valence-corrected chi connectivity index (χ4v) is 3.02. The molecule has 1 N–H and O–H groups in total. The van der Waals surface area contributed by atoms with E-state index in [1.165, 1.54) is 0 Å². The molecule has 1 aliphatic rings. The summed E-state index contributed by atoms with van der Waals surface area (Å²) < 4.78 is 1.72. The van der Waals surface area contributed by atoms with Gasteiger partial charge < -0.3 is 5.32 Å². The van der Waals surface area contributed by atoms with Crippen molar-refractivity contribution in [2.45, 2.75) is 33.6 Å². The first-order chi connectivity index (χ1) is 11.0. The maximum absolute atomic E-state index is 12.5. The van der Waals surface area contributed by atoms with Gasteiger partial charge in [0.1, 0.15) is 0 Å². The molecule has 0 aliphatic heterocycles. The number of rotatable bonds is 4. The summed E-state index contributed by atoms with van der Waals surface area (Å²) in [6, 6.07) is 1.92. The van der Waals surface area contributed by atoms with Crippen LogP contribution < -0.4 is 5.32 Å². The molecule has 3 rings (SSSR count). The highest BCUT2D eigenvalue weighted by molar-refractivity contribution is 6.02. The molecule has 1 aliphatic carbocycles. The van der Waals surface area contributed by atoms with E-state index in [0.29, 0.717) is 36.2 Å². The van der Waals surface area contributed by atoms with Crippen molar-refractivity contribution in [1.29, 1.82) is 0 Å². The molecule has 0 spiro atoms. The SMILES string of the molecule is C=CCNc1nn(-c2nc(C)cc(C)n2)c2c1C(=O)C[C@H](C)C2. The number of anilines is 1. The average Bonchev–Trinajstić information content (AvgIpc) is 2.82. The van der Waals surface area contributed by atoms with Crippen LogP contribution in [0.25, 0.3) is 5.95 Å². The maximum Gasteiger partial charge on any atom is 0.251 e. The summed E-state index contributed by atoms with van der Waals surface area (Å²) in [5.74, 6) is 1.54. The van der Waals surface area contributed by atoms with Gasteiger partial charge in [0.25, 0.3) is 5.95 Å². The van der Waals surface area contributed by atoms with E-state index in [-0.39, 0.29) is 5.78 Å². The number of nitrogens with zero attached hydrogens (tertiary/aromatic N) is 4. The van der Waals surface area contributed by atoms with Crippen LogP contribution in [0.15, 0.2) is 18.7 Å². The minimum Gasteiger partial charge on any atom is -0.365 e. The van der Waals surface area contributed by atoms with Gasteiger partial charge in [-0.3, -0.25) is 4.79 Å². The minimum absolute atomic E-state index is 0.126. The zero-order chi connectivity index (χ0) is 16.6. The van der Waals surface area contributed by atoms with Crippen molar-refractivity contribution in [3.8, 4) is 5.95 Å². The van der Waals surface area contributed by atoms with Crippen molar-refractivity contribution in [3.05, 3.63) is 41.4 Å². The van der Waals surface area contributed by atoms with Gasteiger partial charge in [0.2, 0.25) is 0 Å². The molecule has 23 heavy (non-hydrogen) atoms. The summed E-state index contributed by atoms with van der Waals surface area (Å²) in [7, 11) is 0. The van der Waals surface area contributed by atoms with E-state index >= 15 is 0 Å². The Balaban J connectivity index is 2.16. The number of carbonyl (C=O) groups is 1. The Morgan fingerprint density at radius 2 is 2.04 bits per heavy atom. The molecule has 0 saturated heterocycles. The second-order valence-electron chi connectivity index (χ2n) is 6.14. The summed E-state index contributed by atoms with van der Waals surface area (Å²) in [6.07, 6.45) is 3.09. The number of Topliss-reactive ketones (excluding diaryl/α,β-unsaturated/α-hetero) is 1. The van der Waals surface area contributed by atoms with Crippen LogP contribution in [0.4, 0.5) is 5.82 Å². The highest BCUT2D eigenvalue weighted by atomic mass is 16.1. The molecule has 2 aromatic heterocycles. The van der Waals surface area contributed by atoms with Crippen LogP contribution in [0.5, 0.6) is 0 Å². The Bertz CT molecular complexity index is 757. The number of fused-ring (bicyclic) bond motifs is 1. The number of hydrogen-bond donors (Lipinski definition) is 1. The highest BCUT2D eigenvalue weighted by Crippen LogP contribution is 2.31.